The Labute approximate surface area is 118 Å². The Morgan fingerprint density at radius 1 is 1.16 bits per heavy atom. The second-order valence-electron chi connectivity index (χ2n) is 6.16. The highest BCUT2D eigenvalue weighted by atomic mass is 32.2. The molecule has 0 aromatic rings. The first kappa shape index (κ1) is 16.7. The van der Waals surface area contributed by atoms with Crippen molar-refractivity contribution in [1.82, 2.24) is 0 Å². The molecule has 0 spiro atoms. The van der Waals surface area contributed by atoms with Crippen molar-refractivity contribution in [3.63, 3.8) is 0 Å². The molecule has 1 saturated carbocycles. The zero-order valence-corrected chi connectivity index (χ0v) is 13.3. The maximum absolute atomic E-state index is 12.1. The van der Waals surface area contributed by atoms with Gasteiger partial charge in [-0.15, -0.1) is 0 Å². The van der Waals surface area contributed by atoms with Crippen LogP contribution in [0.15, 0.2) is 0 Å². The van der Waals surface area contributed by atoms with Gasteiger partial charge in [0.25, 0.3) is 0 Å². The van der Waals surface area contributed by atoms with E-state index < -0.39 is 9.84 Å². The maximum atomic E-state index is 12.1. The van der Waals surface area contributed by atoms with Gasteiger partial charge in [-0.2, -0.15) is 0 Å². The van der Waals surface area contributed by atoms with Gasteiger partial charge < -0.3 is 0 Å². The molecule has 3 nitrogen and oxygen atoms in total. The van der Waals surface area contributed by atoms with Gasteiger partial charge in [-0.3, -0.25) is 4.79 Å². The van der Waals surface area contributed by atoms with Gasteiger partial charge in [0, 0.05) is 18.1 Å². The van der Waals surface area contributed by atoms with E-state index in [0.29, 0.717) is 18.8 Å². The number of sulfone groups is 1. The third-order valence-corrected chi connectivity index (χ3v) is 6.28. The van der Waals surface area contributed by atoms with Crippen molar-refractivity contribution in [1.29, 1.82) is 0 Å². The molecule has 0 radical (unpaired) electrons. The van der Waals surface area contributed by atoms with Gasteiger partial charge in [-0.25, -0.2) is 8.42 Å². The number of rotatable bonds is 7. The van der Waals surface area contributed by atoms with Crippen LogP contribution in [0, 0.1) is 17.8 Å². The highest BCUT2D eigenvalue weighted by Gasteiger charge is 2.27. The van der Waals surface area contributed by atoms with E-state index in [0.717, 1.165) is 31.6 Å². The fraction of sp³-hybridized carbons (Fsp3) is 0.933. The molecule has 0 heterocycles. The first-order chi connectivity index (χ1) is 8.85. The lowest BCUT2D eigenvalue weighted by molar-refractivity contribution is -0.124. The molecule has 1 rings (SSSR count). The molecule has 4 heteroatoms. The highest BCUT2D eigenvalue weighted by molar-refractivity contribution is 7.91. The second-order valence-corrected chi connectivity index (χ2v) is 8.63. The predicted molar refractivity (Wildman–Crippen MR) is 78.9 cm³/mol. The van der Waals surface area contributed by atoms with Gasteiger partial charge in [0.15, 0.2) is 0 Å². The molecule has 1 aliphatic carbocycles. The number of carbonyl (C=O) groups excluding carboxylic acids is 1. The van der Waals surface area contributed by atoms with Gasteiger partial charge in [0.1, 0.15) is 15.6 Å². The summed E-state index contributed by atoms with van der Waals surface area (Å²) in [5.41, 5.74) is 0. The molecule has 0 bridgehead atoms. The van der Waals surface area contributed by atoms with Crippen molar-refractivity contribution < 1.29 is 13.2 Å². The fourth-order valence-electron chi connectivity index (χ4n) is 2.92. The van der Waals surface area contributed by atoms with E-state index in [-0.39, 0.29) is 23.2 Å². The van der Waals surface area contributed by atoms with Crippen LogP contribution in [0.25, 0.3) is 0 Å². The minimum absolute atomic E-state index is 0.163. The average molecular weight is 288 g/mol. The number of hydrogen-bond donors (Lipinski definition) is 0. The minimum atomic E-state index is -2.92. The first-order valence-corrected chi connectivity index (χ1v) is 9.41. The normalized spacial score (nSPS) is 24.6. The Hall–Kier alpha value is -0.380. The minimum Gasteiger partial charge on any atom is -0.299 e. The summed E-state index contributed by atoms with van der Waals surface area (Å²) < 4.78 is 22.7. The third-order valence-electron chi connectivity index (χ3n) is 4.49. The van der Waals surface area contributed by atoms with Gasteiger partial charge in [0.2, 0.25) is 0 Å². The molecule has 19 heavy (non-hydrogen) atoms. The lowest BCUT2D eigenvalue weighted by Crippen LogP contribution is -2.24. The number of ketones is 1. The number of Topliss-reactive ketones (excluding diaryl/α,β-unsaturated/α-hetero) is 1. The van der Waals surface area contributed by atoms with Crippen LogP contribution >= 0.6 is 0 Å². The van der Waals surface area contributed by atoms with Crippen LogP contribution < -0.4 is 0 Å². The molecule has 0 aromatic heterocycles. The Bertz CT molecular complexity index is 376. The second kappa shape index (κ2) is 7.41. The third kappa shape index (κ3) is 5.64. The van der Waals surface area contributed by atoms with Crippen LogP contribution in [-0.4, -0.2) is 25.7 Å². The van der Waals surface area contributed by atoms with Crippen LogP contribution in [0.5, 0.6) is 0 Å². The molecule has 0 aliphatic heterocycles. The summed E-state index contributed by atoms with van der Waals surface area (Å²) in [6.45, 7) is 6.16. The summed E-state index contributed by atoms with van der Waals surface area (Å²) >= 11 is 0. The smallest absolute Gasteiger partial charge is 0.150 e. The first-order valence-electron chi connectivity index (χ1n) is 7.59. The lowest BCUT2D eigenvalue weighted by atomic mass is 9.75. The average Bonchev–Trinajstić information content (AvgIpc) is 2.38. The van der Waals surface area contributed by atoms with E-state index in [9.17, 15) is 13.2 Å². The Kier molecular flexibility index (Phi) is 6.51. The zero-order chi connectivity index (χ0) is 14.5. The Balaban J connectivity index is 2.28. The van der Waals surface area contributed by atoms with Crippen LogP contribution in [0.3, 0.4) is 0 Å². The van der Waals surface area contributed by atoms with E-state index in [2.05, 4.69) is 13.8 Å². The molecule has 0 amide bonds. The maximum Gasteiger partial charge on any atom is 0.150 e. The topological polar surface area (TPSA) is 51.2 Å². The summed E-state index contributed by atoms with van der Waals surface area (Å²) in [5.74, 6) is 2.31. The molecule has 112 valence electrons. The molecular weight excluding hydrogens is 260 g/mol. The molecule has 0 N–H and O–H groups in total. The highest BCUT2D eigenvalue weighted by Crippen LogP contribution is 2.34. The van der Waals surface area contributed by atoms with Gasteiger partial charge in [-0.1, -0.05) is 20.8 Å². The number of carbonyl (C=O) groups is 1. The molecule has 0 unspecified atom stereocenters. The Morgan fingerprint density at radius 2 is 1.74 bits per heavy atom. The van der Waals surface area contributed by atoms with Crippen molar-refractivity contribution in [3.8, 4) is 0 Å². The summed E-state index contributed by atoms with van der Waals surface area (Å²) in [6.07, 6.45) is 5.25. The van der Waals surface area contributed by atoms with Gasteiger partial charge >= 0.3 is 0 Å². The molecule has 1 aliphatic rings. The quantitative estimate of drug-likeness (QED) is 0.722. The van der Waals surface area contributed by atoms with E-state index in [1.165, 1.54) is 0 Å². The van der Waals surface area contributed by atoms with E-state index in [1.807, 2.05) is 0 Å². The summed E-state index contributed by atoms with van der Waals surface area (Å²) in [7, 11) is -2.92. The molecular formula is C15H28O3S. The molecule has 1 fully saturated rings. The fourth-order valence-corrected chi connectivity index (χ4v) is 3.80. The summed E-state index contributed by atoms with van der Waals surface area (Å²) in [6, 6.07) is 0. The zero-order valence-electron chi connectivity index (χ0n) is 12.5. The summed E-state index contributed by atoms with van der Waals surface area (Å²) in [5, 5.41) is 0. The van der Waals surface area contributed by atoms with Crippen LogP contribution in [-0.2, 0) is 14.6 Å². The largest absolute Gasteiger partial charge is 0.299 e. The number of hydrogen-bond acceptors (Lipinski definition) is 3. The van der Waals surface area contributed by atoms with Crippen LogP contribution in [0.4, 0.5) is 0 Å². The van der Waals surface area contributed by atoms with E-state index in [4.69, 9.17) is 0 Å². The predicted octanol–water partition coefficient (Wildman–Crippen LogP) is 3.23. The van der Waals surface area contributed by atoms with E-state index in [1.54, 1.807) is 6.92 Å². The standard InChI is InChI=1S/C15H28O3S/c1-4-19(17,18)11-5-6-15(16)14-9-7-13(8-10-14)12(2)3/h12-14H,4-11H2,1-3H3. The molecule has 0 aromatic carbocycles. The van der Waals surface area contributed by atoms with Crippen molar-refractivity contribution in [2.45, 2.75) is 59.3 Å². The van der Waals surface area contributed by atoms with Crippen LogP contribution in [0.2, 0.25) is 0 Å². The van der Waals surface area contributed by atoms with Crippen molar-refractivity contribution in [3.05, 3.63) is 0 Å². The molecule has 0 atom stereocenters. The van der Waals surface area contributed by atoms with Crippen molar-refractivity contribution >= 4 is 15.6 Å². The lowest BCUT2D eigenvalue weighted by Gasteiger charge is -2.30. The molecule has 0 saturated heterocycles. The monoisotopic (exact) mass is 288 g/mol. The van der Waals surface area contributed by atoms with Gasteiger partial charge in [-0.05, 0) is 43.9 Å². The van der Waals surface area contributed by atoms with Gasteiger partial charge in [0.05, 0.1) is 5.75 Å². The Morgan fingerprint density at radius 3 is 2.21 bits per heavy atom. The summed E-state index contributed by atoms with van der Waals surface area (Å²) in [4.78, 5) is 12.1. The van der Waals surface area contributed by atoms with Crippen molar-refractivity contribution in [2.75, 3.05) is 11.5 Å². The van der Waals surface area contributed by atoms with E-state index >= 15 is 0 Å². The van der Waals surface area contributed by atoms with Crippen LogP contribution in [0.1, 0.15) is 59.3 Å². The van der Waals surface area contributed by atoms with Crippen molar-refractivity contribution in [2.24, 2.45) is 17.8 Å². The SMILES string of the molecule is CCS(=O)(=O)CCCC(=O)C1CCC(C(C)C)CC1.